The molecular weight excluding hydrogens is 256 g/mol. The van der Waals surface area contributed by atoms with Crippen molar-refractivity contribution in [2.75, 3.05) is 0 Å². The summed E-state index contributed by atoms with van der Waals surface area (Å²) in [7, 11) is 0. The highest BCUT2D eigenvalue weighted by molar-refractivity contribution is 7.10. The van der Waals surface area contributed by atoms with E-state index < -0.39 is 6.04 Å². The summed E-state index contributed by atoms with van der Waals surface area (Å²) < 4.78 is 0. The molecule has 0 saturated carbocycles. The van der Waals surface area contributed by atoms with E-state index in [1.165, 1.54) is 22.5 Å². The van der Waals surface area contributed by atoms with E-state index in [1.807, 2.05) is 29.6 Å². The van der Waals surface area contributed by atoms with Crippen LogP contribution in [0.15, 0.2) is 41.8 Å². The Labute approximate surface area is 116 Å². The molecule has 3 nitrogen and oxygen atoms in total. The van der Waals surface area contributed by atoms with Crippen molar-refractivity contribution in [2.45, 2.75) is 24.9 Å². The van der Waals surface area contributed by atoms with E-state index in [2.05, 4.69) is 17.4 Å². The van der Waals surface area contributed by atoms with Crippen molar-refractivity contribution in [3.63, 3.8) is 0 Å². The normalized spacial score (nSPS) is 16.1. The van der Waals surface area contributed by atoms with Gasteiger partial charge >= 0.3 is 0 Å². The number of hydrogen-bond acceptors (Lipinski definition) is 3. The second kappa shape index (κ2) is 5.15. The Balaban J connectivity index is 1.63. The van der Waals surface area contributed by atoms with Crippen LogP contribution >= 0.6 is 11.3 Å². The van der Waals surface area contributed by atoms with Crippen LogP contribution in [0.4, 0.5) is 0 Å². The maximum atomic E-state index is 12.1. The molecule has 4 heteroatoms. The van der Waals surface area contributed by atoms with Gasteiger partial charge in [0.25, 0.3) is 0 Å². The van der Waals surface area contributed by atoms with Crippen LogP contribution in [0.3, 0.4) is 0 Å². The summed E-state index contributed by atoms with van der Waals surface area (Å²) in [6.45, 7) is 0. The maximum Gasteiger partial charge on any atom is 0.242 e. The van der Waals surface area contributed by atoms with Gasteiger partial charge in [-0.1, -0.05) is 30.3 Å². The molecule has 1 heterocycles. The highest BCUT2D eigenvalue weighted by atomic mass is 32.1. The Morgan fingerprint density at radius 2 is 1.89 bits per heavy atom. The minimum absolute atomic E-state index is 0.0831. The molecule has 0 radical (unpaired) electrons. The molecule has 1 unspecified atom stereocenters. The first-order valence-corrected chi connectivity index (χ1v) is 7.28. The van der Waals surface area contributed by atoms with E-state index in [-0.39, 0.29) is 11.9 Å². The molecule has 3 rings (SSSR count). The second-order valence-electron chi connectivity index (χ2n) is 4.88. The fraction of sp³-hybridized carbons (Fsp3) is 0.267. The highest BCUT2D eigenvalue weighted by Crippen LogP contribution is 2.23. The van der Waals surface area contributed by atoms with E-state index in [0.29, 0.717) is 0 Å². The average Bonchev–Trinajstić information content (AvgIpc) is 3.06. The highest BCUT2D eigenvalue weighted by Gasteiger charge is 2.25. The first-order valence-electron chi connectivity index (χ1n) is 6.40. The van der Waals surface area contributed by atoms with Crippen molar-refractivity contribution in [2.24, 2.45) is 5.73 Å². The van der Waals surface area contributed by atoms with Crippen molar-refractivity contribution < 1.29 is 4.79 Å². The molecule has 1 atom stereocenters. The first-order chi connectivity index (χ1) is 9.24. The van der Waals surface area contributed by atoms with Crippen LogP contribution in [-0.2, 0) is 17.6 Å². The van der Waals surface area contributed by atoms with Gasteiger partial charge in [0.05, 0.1) is 0 Å². The van der Waals surface area contributed by atoms with Gasteiger partial charge in [-0.3, -0.25) is 4.79 Å². The summed E-state index contributed by atoms with van der Waals surface area (Å²) in [4.78, 5) is 13.0. The fourth-order valence-electron chi connectivity index (χ4n) is 2.55. The van der Waals surface area contributed by atoms with Crippen LogP contribution in [-0.4, -0.2) is 11.9 Å². The van der Waals surface area contributed by atoms with Gasteiger partial charge in [-0.25, -0.2) is 0 Å². The van der Waals surface area contributed by atoms with Crippen LogP contribution in [0.5, 0.6) is 0 Å². The molecule has 0 fully saturated rings. The van der Waals surface area contributed by atoms with Gasteiger partial charge in [0.1, 0.15) is 6.04 Å². The Morgan fingerprint density at radius 3 is 2.47 bits per heavy atom. The number of hydrogen-bond donors (Lipinski definition) is 2. The summed E-state index contributed by atoms with van der Waals surface area (Å²) >= 11 is 1.52. The van der Waals surface area contributed by atoms with Crippen molar-refractivity contribution in [3.8, 4) is 0 Å². The van der Waals surface area contributed by atoms with Crippen LogP contribution < -0.4 is 11.1 Å². The lowest BCUT2D eigenvalue weighted by Crippen LogP contribution is -2.41. The van der Waals surface area contributed by atoms with Gasteiger partial charge in [0.2, 0.25) is 5.91 Å². The van der Waals surface area contributed by atoms with E-state index in [0.717, 1.165) is 17.7 Å². The standard InChI is InChI=1S/C15H16N2OS/c16-14(13-6-3-7-19-13)15(18)17-12-8-10-4-1-2-5-11(10)9-12/h1-7,12,14H,8-9,16H2,(H,17,18). The Bertz CT molecular complexity index is 555. The predicted molar refractivity (Wildman–Crippen MR) is 77.0 cm³/mol. The molecule has 0 aliphatic heterocycles. The Morgan fingerprint density at radius 1 is 1.21 bits per heavy atom. The van der Waals surface area contributed by atoms with Gasteiger partial charge in [-0.2, -0.15) is 0 Å². The SMILES string of the molecule is NC(C(=O)NC1Cc2ccccc2C1)c1cccs1. The zero-order valence-corrected chi connectivity index (χ0v) is 11.3. The lowest BCUT2D eigenvalue weighted by Gasteiger charge is -2.15. The molecule has 1 aromatic carbocycles. The number of benzene rings is 1. The molecule has 1 aromatic heterocycles. The third kappa shape index (κ3) is 2.55. The molecule has 2 aromatic rings. The number of nitrogens with two attached hydrogens (primary N) is 1. The van der Waals surface area contributed by atoms with Crippen molar-refractivity contribution in [3.05, 3.63) is 57.8 Å². The van der Waals surface area contributed by atoms with E-state index in [4.69, 9.17) is 5.73 Å². The number of carbonyl (C=O) groups excluding carboxylic acids is 1. The lowest BCUT2D eigenvalue weighted by molar-refractivity contribution is -0.123. The maximum absolute atomic E-state index is 12.1. The summed E-state index contributed by atoms with van der Waals surface area (Å²) in [6, 6.07) is 11.8. The number of nitrogens with one attached hydrogen (secondary N) is 1. The van der Waals surface area contributed by atoms with Crippen molar-refractivity contribution in [1.82, 2.24) is 5.32 Å². The molecule has 98 valence electrons. The topological polar surface area (TPSA) is 55.1 Å². The smallest absolute Gasteiger partial charge is 0.242 e. The zero-order chi connectivity index (χ0) is 13.2. The van der Waals surface area contributed by atoms with Gasteiger partial charge in [0, 0.05) is 10.9 Å². The lowest BCUT2D eigenvalue weighted by atomic mass is 10.1. The molecule has 0 bridgehead atoms. The number of fused-ring (bicyclic) bond motifs is 1. The minimum Gasteiger partial charge on any atom is -0.351 e. The van der Waals surface area contributed by atoms with E-state index in [1.54, 1.807) is 0 Å². The number of rotatable bonds is 3. The number of thiophene rings is 1. The molecule has 0 saturated heterocycles. The molecular formula is C15H16N2OS. The summed E-state index contributed by atoms with van der Waals surface area (Å²) in [5.74, 6) is -0.0831. The van der Waals surface area contributed by atoms with Crippen LogP contribution in [0.25, 0.3) is 0 Å². The fourth-order valence-corrected chi connectivity index (χ4v) is 3.27. The number of amides is 1. The summed E-state index contributed by atoms with van der Waals surface area (Å²) in [5.41, 5.74) is 8.63. The first kappa shape index (κ1) is 12.4. The average molecular weight is 272 g/mol. The predicted octanol–water partition coefficient (Wildman–Crippen LogP) is 2.03. The largest absolute Gasteiger partial charge is 0.351 e. The van der Waals surface area contributed by atoms with Crippen LogP contribution in [0, 0.1) is 0 Å². The zero-order valence-electron chi connectivity index (χ0n) is 10.5. The Hall–Kier alpha value is -1.65. The monoisotopic (exact) mass is 272 g/mol. The van der Waals surface area contributed by atoms with Gasteiger partial charge in [-0.05, 0) is 35.4 Å². The van der Waals surface area contributed by atoms with Gasteiger partial charge < -0.3 is 11.1 Å². The molecule has 1 aliphatic rings. The van der Waals surface area contributed by atoms with E-state index >= 15 is 0 Å². The van der Waals surface area contributed by atoms with Crippen LogP contribution in [0.2, 0.25) is 0 Å². The Kier molecular flexibility index (Phi) is 3.36. The second-order valence-corrected chi connectivity index (χ2v) is 5.85. The van der Waals surface area contributed by atoms with Crippen molar-refractivity contribution in [1.29, 1.82) is 0 Å². The van der Waals surface area contributed by atoms with Crippen molar-refractivity contribution >= 4 is 17.2 Å². The number of carbonyl (C=O) groups is 1. The minimum atomic E-state index is -0.552. The van der Waals surface area contributed by atoms with Gasteiger partial charge in [-0.15, -0.1) is 11.3 Å². The molecule has 0 spiro atoms. The quantitative estimate of drug-likeness (QED) is 0.898. The summed E-state index contributed by atoms with van der Waals surface area (Å²) in [5, 5.41) is 4.99. The molecule has 1 aliphatic carbocycles. The molecule has 3 N–H and O–H groups in total. The van der Waals surface area contributed by atoms with Gasteiger partial charge in [0.15, 0.2) is 0 Å². The molecule has 19 heavy (non-hydrogen) atoms. The summed E-state index contributed by atoms with van der Waals surface area (Å²) in [6.07, 6.45) is 1.80. The third-order valence-corrected chi connectivity index (χ3v) is 4.48. The van der Waals surface area contributed by atoms with Crippen LogP contribution in [0.1, 0.15) is 22.0 Å². The third-order valence-electron chi connectivity index (χ3n) is 3.53. The molecule has 1 amide bonds. The van der Waals surface area contributed by atoms with E-state index in [9.17, 15) is 4.79 Å².